The van der Waals surface area contributed by atoms with Gasteiger partial charge >= 0.3 is 6.09 Å². The average Bonchev–Trinajstić information content (AvgIpc) is 3.32. The second-order valence-corrected chi connectivity index (χ2v) is 11.0. The number of thiophene rings is 1. The third-order valence-electron chi connectivity index (χ3n) is 5.06. The van der Waals surface area contributed by atoms with Crippen molar-refractivity contribution in [2.75, 3.05) is 18.4 Å². The highest BCUT2D eigenvalue weighted by Crippen LogP contribution is 2.38. The van der Waals surface area contributed by atoms with Gasteiger partial charge < -0.3 is 20.3 Å². The van der Waals surface area contributed by atoms with Crippen molar-refractivity contribution in [2.45, 2.75) is 38.8 Å². The number of nitrogens with one attached hydrogen (secondary N) is 2. The van der Waals surface area contributed by atoms with E-state index < -0.39 is 17.5 Å². The summed E-state index contributed by atoms with van der Waals surface area (Å²) >= 11 is 3.36. The Labute approximate surface area is 208 Å². The number of aromatic nitrogens is 1. The van der Waals surface area contributed by atoms with Gasteiger partial charge in [0.25, 0.3) is 5.91 Å². The van der Waals surface area contributed by atoms with E-state index >= 15 is 0 Å². The molecule has 0 radical (unpaired) electrons. The van der Waals surface area contributed by atoms with Crippen LogP contribution in [0.2, 0.25) is 0 Å². The standard InChI is InChI=1S/C23H24FIN4O3S/c1-23(2,3)32-22(31)27-14-8-10-29(12-14)21(30)18-15-5-4-9-26-19(15)33-20(18)28-17-7-6-13(25)11-16(17)24/h4-7,9,11,14,28H,8,10,12H2,1-3H3,(H,27,31)/t14-/m1/s1. The summed E-state index contributed by atoms with van der Waals surface area (Å²) in [4.78, 5) is 32.4. The molecule has 1 fully saturated rings. The molecule has 4 rings (SSSR count). The molecule has 1 saturated heterocycles. The molecule has 0 saturated carbocycles. The number of hydrogen-bond donors (Lipinski definition) is 2. The zero-order valence-corrected chi connectivity index (χ0v) is 21.4. The summed E-state index contributed by atoms with van der Waals surface area (Å²) in [5, 5.41) is 7.18. The maximum atomic E-state index is 14.5. The van der Waals surface area contributed by atoms with E-state index in [-0.39, 0.29) is 11.9 Å². The summed E-state index contributed by atoms with van der Waals surface area (Å²) in [7, 11) is 0. The van der Waals surface area contributed by atoms with E-state index in [0.29, 0.717) is 46.0 Å². The number of nitrogens with zero attached hydrogens (tertiary/aromatic N) is 2. The lowest BCUT2D eigenvalue weighted by Crippen LogP contribution is -2.41. The maximum absolute atomic E-state index is 14.5. The van der Waals surface area contributed by atoms with Gasteiger partial charge in [-0.2, -0.15) is 0 Å². The lowest BCUT2D eigenvalue weighted by atomic mass is 10.1. The second-order valence-electron chi connectivity index (χ2n) is 8.79. The number of amides is 2. The van der Waals surface area contributed by atoms with Crippen molar-refractivity contribution in [1.82, 2.24) is 15.2 Å². The Morgan fingerprint density at radius 1 is 1.30 bits per heavy atom. The molecule has 3 heterocycles. The lowest BCUT2D eigenvalue weighted by Gasteiger charge is -2.22. The molecular formula is C23H24FIN4O3S. The second kappa shape index (κ2) is 9.41. The molecule has 7 nitrogen and oxygen atoms in total. The average molecular weight is 582 g/mol. The normalized spacial score (nSPS) is 16.2. The van der Waals surface area contributed by atoms with Crippen LogP contribution in [0.4, 0.5) is 19.9 Å². The van der Waals surface area contributed by atoms with E-state index in [1.54, 1.807) is 50.1 Å². The van der Waals surface area contributed by atoms with E-state index in [2.05, 4.69) is 15.6 Å². The first kappa shape index (κ1) is 23.7. The number of hydrogen-bond acceptors (Lipinski definition) is 6. The van der Waals surface area contributed by atoms with Gasteiger partial charge in [0.2, 0.25) is 0 Å². The SMILES string of the molecule is CC(C)(C)OC(=O)N[C@@H]1CCN(C(=O)c2c(Nc3ccc(I)cc3F)sc3ncccc23)C1. The Morgan fingerprint density at radius 2 is 2.09 bits per heavy atom. The molecule has 174 valence electrons. The zero-order valence-electron chi connectivity index (χ0n) is 18.4. The minimum absolute atomic E-state index is 0.184. The van der Waals surface area contributed by atoms with Crippen molar-refractivity contribution in [3.8, 4) is 0 Å². The number of carbonyl (C=O) groups excluding carboxylic acids is 2. The molecule has 1 aromatic carbocycles. The molecule has 0 spiro atoms. The molecule has 1 aliphatic heterocycles. The Kier molecular flexibility index (Phi) is 6.76. The number of ether oxygens (including phenoxy) is 1. The molecule has 33 heavy (non-hydrogen) atoms. The molecule has 0 bridgehead atoms. The van der Waals surface area contributed by atoms with Crippen LogP contribution in [0.1, 0.15) is 37.6 Å². The van der Waals surface area contributed by atoms with Gasteiger partial charge in [-0.15, -0.1) is 0 Å². The molecule has 2 aromatic heterocycles. The van der Waals surface area contributed by atoms with Crippen LogP contribution in [0.3, 0.4) is 0 Å². The number of carbonyl (C=O) groups is 2. The van der Waals surface area contributed by atoms with Gasteiger partial charge in [-0.05, 0) is 80.1 Å². The van der Waals surface area contributed by atoms with Crippen molar-refractivity contribution in [2.24, 2.45) is 0 Å². The smallest absolute Gasteiger partial charge is 0.407 e. The number of likely N-dealkylation sites (tertiary alicyclic amines) is 1. The van der Waals surface area contributed by atoms with Crippen LogP contribution in [-0.4, -0.2) is 46.6 Å². The van der Waals surface area contributed by atoms with Gasteiger partial charge in [0.1, 0.15) is 21.2 Å². The molecule has 0 aliphatic carbocycles. The monoisotopic (exact) mass is 582 g/mol. The lowest BCUT2D eigenvalue weighted by molar-refractivity contribution is 0.0502. The fourth-order valence-electron chi connectivity index (χ4n) is 3.64. The van der Waals surface area contributed by atoms with Crippen molar-refractivity contribution in [3.05, 3.63) is 51.5 Å². The number of pyridine rings is 1. The van der Waals surface area contributed by atoms with Gasteiger partial charge in [0, 0.05) is 28.2 Å². The quantitative estimate of drug-likeness (QED) is 0.396. The minimum atomic E-state index is -0.591. The minimum Gasteiger partial charge on any atom is -0.444 e. The van der Waals surface area contributed by atoms with Crippen LogP contribution >= 0.6 is 33.9 Å². The van der Waals surface area contributed by atoms with Crippen molar-refractivity contribution in [3.63, 3.8) is 0 Å². The fourth-order valence-corrected chi connectivity index (χ4v) is 5.14. The summed E-state index contributed by atoms with van der Waals surface area (Å²) in [5.74, 6) is -0.579. The van der Waals surface area contributed by atoms with Gasteiger partial charge in [0.15, 0.2) is 0 Å². The number of fused-ring (bicyclic) bond motifs is 1. The van der Waals surface area contributed by atoms with E-state index in [9.17, 15) is 14.0 Å². The highest BCUT2D eigenvalue weighted by atomic mass is 127. The number of benzene rings is 1. The molecule has 1 aliphatic rings. The number of rotatable bonds is 4. The maximum Gasteiger partial charge on any atom is 0.407 e. The molecule has 10 heteroatoms. The summed E-state index contributed by atoms with van der Waals surface area (Å²) in [6, 6.07) is 8.30. The zero-order chi connectivity index (χ0) is 23.8. The van der Waals surface area contributed by atoms with Crippen LogP contribution in [0.5, 0.6) is 0 Å². The van der Waals surface area contributed by atoms with Crippen molar-refractivity contribution in [1.29, 1.82) is 0 Å². The van der Waals surface area contributed by atoms with Gasteiger partial charge in [-0.3, -0.25) is 4.79 Å². The topological polar surface area (TPSA) is 83.6 Å². The van der Waals surface area contributed by atoms with Crippen LogP contribution in [0.15, 0.2) is 36.5 Å². The van der Waals surface area contributed by atoms with E-state index in [1.807, 2.05) is 28.7 Å². The highest BCUT2D eigenvalue weighted by Gasteiger charge is 2.32. The first-order valence-corrected chi connectivity index (χ1v) is 12.4. The number of halogens is 2. The first-order valence-electron chi connectivity index (χ1n) is 10.5. The third kappa shape index (κ3) is 5.55. The van der Waals surface area contributed by atoms with Crippen molar-refractivity contribution >= 4 is 66.8 Å². The molecule has 0 unspecified atom stereocenters. The van der Waals surface area contributed by atoms with Crippen LogP contribution < -0.4 is 10.6 Å². The van der Waals surface area contributed by atoms with E-state index in [1.165, 1.54) is 17.4 Å². The highest BCUT2D eigenvalue weighted by molar-refractivity contribution is 14.1. The largest absolute Gasteiger partial charge is 0.444 e. The Bertz CT molecular complexity index is 1210. The number of anilines is 2. The first-order chi connectivity index (χ1) is 15.6. The number of alkyl carbamates (subject to hydrolysis) is 1. The fraction of sp³-hybridized carbons (Fsp3) is 0.348. The molecule has 1 atom stereocenters. The summed E-state index contributed by atoms with van der Waals surface area (Å²) in [5.41, 5.74) is 0.160. The van der Waals surface area contributed by atoms with Gasteiger partial charge in [-0.1, -0.05) is 11.3 Å². The van der Waals surface area contributed by atoms with E-state index in [0.717, 1.165) is 3.57 Å². The Balaban J connectivity index is 1.57. The van der Waals surface area contributed by atoms with Crippen LogP contribution in [0, 0.1) is 9.39 Å². The Hall–Kier alpha value is -2.47. The predicted octanol–water partition coefficient (Wildman–Crippen LogP) is 5.52. The molecule has 3 aromatic rings. The van der Waals surface area contributed by atoms with Crippen molar-refractivity contribution < 1.29 is 18.7 Å². The summed E-state index contributed by atoms with van der Waals surface area (Å²) in [6.45, 7) is 6.27. The Morgan fingerprint density at radius 3 is 2.82 bits per heavy atom. The third-order valence-corrected chi connectivity index (χ3v) is 6.76. The van der Waals surface area contributed by atoms with Gasteiger partial charge in [0.05, 0.1) is 17.3 Å². The predicted molar refractivity (Wildman–Crippen MR) is 136 cm³/mol. The van der Waals surface area contributed by atoms with E-state index in [4.69, 9.17) is 4.74 Å². The molecular weight excluding hydrogens is 558 g/mol. The molecule has 2 amide bonds. The molecule has 2 N–H and O–H groups in total. The summed E-state index contributed by atoms with van der Waals surface area (Å²) < 4.78 is 20.6. The van der Waals surface area contributed by atoms with Crippen LogP contribution in [-0.2, 0) is 4.74 Å². The van der Waals surface area contributed by atoms with Gasteiger partial charge in [-0.25, -0.2) is 14.2 Å². The summed E-state index contributed by atoms with van der Waals surface area (Å²) in [6.07, 6.45) is 1.79. The van der Waals surface area contributed by atoms with Crippen LogP contribution in [0.25, 0.3) is 10.2 Å².